The van der Waals surface area contributed by atoms with Gasteiger partial charge in [-0.15, -0.1) is 0 Å². The molecule has 0 amide bonds. The molecule has 24 heavy (non-hydrogen) atoms. The summed E-state index contributed by atoms with van der Waals surface area (Å²) in [4.78, 5) is 2.41. The van der Waals surface area contributed by atoms with Crippen LogP contribution in [0.5, 0.6) is 17.2 Å². The van der Waals surface area contributed by atoms with Crippen LogP contribution < -0.4 is 14.2 Å². The smallest absolute Gasteiger partial charge is 0.165 e. The molecule has 3 aliphatic rings. The zero-order valence-electron chi connectivity index (χ0n) is 14.6. The number of benzene rings is 1. The second-order valence-electron chi connectivity index (χ2n) is 7.46. The van der Waals surface area contributed by atoms with E-state index >= 15 is 0 Å². The molecular formula is C19H27NO4. The third-order valence-corrected chi connectivity index (χ3v) is 5.84. The molecular weight excluding hydrogens is 306 g/mol. The van der Waals surface area contributed by atoms with Gasteiger partial charge in [0.25, 0.3) is 0 Å². The SMILES string of the molecule is COc1cc2c(cc1CN1CC[C@@](O)(C3CC3)[C@H](C)C1)OCCO2. The van der Waals surface area contributed by atoms with E-state index in [1.807, 2.05) is 12.1 Å². The van der Waals surface area contributed by atoms with E-state index in [9.17, 15) is 5.11 Å². The van der Waals surface area contributed by atoms with Gasteiger partial charge in [0.1, 0.15) is 19.0 Å². The van der Waals surface area contributed by atoms with E-state index < -0.39 is 5.60 Å². The zero-order chi connectivity index (χ0) is 16.7. The summed E-state index contributed by atoms with van der Waals surface area (Å²) >= 11 is 0. The monoisotopic (exact) mass is 333 g/mol. The number of fused-ring (bicyclic) bond motifs is 1. The van der Waals surface area contributed by atoms with Crippen molar-refractivity contribution in [2.75, 3.05) is 33.4 Å². The fourth-order valence-electron chi connectivity index (χ4n) is 4.22. The molecule has 132 valence electrons. The fourth-order valence-corrected chi connectivity index (χ4v) is 4.22. The molecule has 0 unspecified atom stereocenters. The highest BCUT2D eigenvalue weighted by Crippen LogP contribution is 2.47. The van der Waals surface area contributed by atoms with Crippen molar-refractivity contribution in [3.05, 3.63) is 17.7 Å². The molecule has 4 rings (SSSR count). The summed E-state index contributed by atoms with van der Waals surface area (Å²) in [5.74, 6) is 3.24. The molecule has 2 aliphatic heterocycles. The second-order valence-corrected chi connectivity index (χ2v) is 7.46. The number of rotatable bonds is 4. The van der Waals surface area contributed by atoms with Gasteiger partial charge >= 0.3 is 0 Å². The van der Waals surface area contributed by atoms with Gasteiger partial charge < -0.3 is 19.3 Å². The van der Waals surface area contributed by atoms with Gasteiger partial charge in [-0.3, -0.25) is 4.90 Å². The summed E-state index contributed by atoms with van der Waals surface area (Å²) in [6.07, 6.45) is 3.25. The minimum atomic E-state index is -0.451. The van der Waals surface area contributed by atoms with Crippen LogP contribution in [0.4, 0.5) is 0 Å². The highest BCUT2D eigenvalue weighted by Gasteiger charge is 2.49. The summed E-state index contributed by atoms with van der Waals surface area (Å²) in [6.45, 7) is 6.02. The van der Waals surface area contributed by atoms with Crippen LogP contribution in [-0.2, 0) is 6.54 Å². The molecule has 1 aliphatic carbocycles. The summed E-state index contributed by atoms with van der Waals surface area (Å²) in [5, 5.41) is 10.9. The van der Waals surface area contributed by atoms with E-state index in [1.165, 1.54) is 12.8 Å². The Kier molecular flexibility index (Phi) is 4.09. The van der Waals surface area contributed by atoms with Gasteiger partial charge in [-0.2, -0.15) is 0 Å². The van der Waals surface area contributed by atoms with Crippen LogP contribution in [0.2, 0.25) is 0 Å². The van der Waals surface area contributed by atoms with Crippen molar-refractivity contribution in [2.24, 2.45) is 11.8 Å². The predicted octanol–water partition coefficient (Wildman–Crippen LogP) is 2.45. The van der Waals surface area contributed by atoms with E-state index in [2.05, 4.69) is 11.8 Å². The topological polar surface area (TPSA) is 51.2 Å². The first kappa shape index (κ1) is 16.0. The lowest BCUT2D eigenvalue weighted by molar-refractivity contribution is -0.0833. The number of hydrogen-bond donors (Lipinski definition) is 1. The average molecular weight is 333 g/mol. The first-order valence-electron chi connectivity index (χ1n) is 9.01. The number of piperidine rings is 1. The van der Waals surface area contributed by atoms with Crippen LogP contribution in [-0.4, -0.2) is 49.0 Å². The summed E-state index contributed by atoms with van der Waals surface area (Å²) in [6, 6.07) is 3.97. The third-order valence-electron chi connectivity index (χ3n) is 5.84. The van der Waals surface area contributed by atoms with E-state index in [0.717, 1.165) is 48.9 Å². The van der Waals surface area contributed by atoms with Gasteiger partial charge in [0.05, 0.1) is 12.7 Å². The van der Waals surface area contributed by atoms with Crippen molar-refractivity contribution >= 4 is 0 Å². The minimum absolute atomic E-state index is 0.307. The van der Waals surface area contributed by atoms with Crippen LogP contribution in [0.15, 0.2) is 12.1 Å². The summed E-state index contributed by atoms with van der Waals surface area (Å²) in [5.41, 5.74) is 0.665. The lowest BCUT2D eigenvalue weighted by atomic mass is 9.78. The Hall–Kier alpha value is -1.46. The van der Waals surface area contributed by atoms with Gasteiger partial charge in [0.15, 0.2) is 11.5 Å². The molecule has 1 aromatic rings. The average Bonchev–Trinajstić information content (AvgIpc) is 3.43. The maximum Gasteiger partial charge on any atom is 0.165 e. The molecule has 1 saturated heterocycles. The van der Waals surface area contributed by atoms with Crippen molar-refractivity contribution in [1.29, 1.82) is 0 Å². The molecule has 0 radical (unpaired) electrons. The maximum atomic E-state index is 10.9. The second kappa shape index (κ2) is 6.12. The minimum Gasteiger partial charge on any atom is -0.496 e. The van der Waals surface area contributed by atoms with Crippen LogP contribution in [0.25, 0.3) is 0 Å². The van der Waals surface area contributed by atoms with Gasteiger partial charge in [-0.05, 0) is 37.2 Å². The molecule has 2 heterocycles. The fraction of sp³-hybridized carbons (Fsp3) is 0.684. The predicted molar refractivity (Wildman–Crippen MR) is 90.7 cm³/mol. The molecule has 1 aromatic carbocycles. The highest BCUT2D eigenvalue weighted by atomic mass is 16.6. The number of nitrogens with zero attached hydrogens (tertiary/aromatic N) is 1. The molecule has 2 atom stereocenters. The van der Waals surface area contributed by atoms with Gasteiger partial charge in [-0.25, -0.2) is 0 Å². The van der Waals surface area contributed by atoms with E-state index in [4.69, 9.17) is 14.2 Å². The Morgan fingerprint density at radius 1 is 1.25 bits per heavy atom. The first-order valence-corrected chi connectivity index (χ1v) is 9.01. The Labute approximate surface area is 143 Å². The molecule has 1 saturated carbocycles. The normalized spacial score (nSPS) is 30.2. The van der Waals surface area contributed by atoms with Crippen molar-refractivity contribution in [3.63, 3.8) is 0 Å². The van der Waals surface area contributed by atoms with Gasteiger partial charge in [0.2, 0.25) is 0 Å². The molecule has 0 bridgehead atoms. The number of hydrogen-bond acceptors (Lipinski definition) is 5. The van der Waals surface area contributed by atoms with Crippen molar-refractivity contribution in [3.8, 4) is 17.2 Å². The van der Waals surface area contributed by atoms with Crippen molar-refractivity contribution < 1.29 is 19.3 Å². The Balaban J connectivity index is 1.49. The van der Waals surface area contributed by atoms with Crippen LogP contribution in [0.3, 0.4) is 0 Å². The quantitative estimate of drug-likeness (QED) is 0.917. The lowest BCUT2D eigenvalue weighted by Gasteiger charge is -2.44. The van der Waals surface area contributed by atoms with Crippen molar-refractivity contribution in [2.45, 2.75) is 38.3 Å². The Bertz CT molecular complexity index is 616. The first-order chi connectivity index (χ1) is 11.6. The van der Waals surface area contributed by atoms with Gasteiger partial charge in [-0.1, -0.05) is 6.92 Å². The molecule has 0 spiro atoms. The molecule has 5 nitrogen and oxygen atoms in total. The highest BCUT2D eigenvalue weighted by molar-refractivity contribution is 5.51. The van der Waals surface area contributed by atoms with Crippen LogP contribution in [0.1, 0.15) is 31.7 Å². The number of ether oxygens (including phenoxy) is 3. The summed E-state index contributed by atoms with van der Waals surface area (Å²) in [7, 11) is 1.69. The Morgan fingerprint density at radius 3 is 2.58 bits per heavy atom. The standard InChI is InChI=1S/C19H27NO4/c1-13-11-20(6-5-19(13,21)15-3-4-15)12-14-9-17-18(10-16(14)22-2)24-8-7-23-17/h9-10,13,15,21H,3-8,11-12H2,1-2H3/t13-,19+/m1/s1. The number of likely N-dealkylation sites (tertiary alicyclic amines) is 1. The molecule has 0 aromatic heterocycles. The van der Waals surface area contributed by atoms with Crippen LogP contribution in [0, 0.1) is 11.8 Å². The molecule has 2 fully saturated rings. The lowest BCUT2D eigenvalue weighted by Crippen LogP contribution is -2.51. The van der Waals surface area contributed by atoms with Crippen molar-refractivity contribution in [1.82, 2.24) is 4.90 Å². The maximum absolute atomic E-state index is 10.9. The van der Waals surface area contributed by atoms with E-state index in [-0.39, 0.29) is 0 Å². The number of aliphatic hydroxyl groups is 1. The zero-order valence-corrected chi connectivity index (χ0v) is 14.6. The van der Waals surface area contributed by atoms with E-state index in [1.54, 1.807) is 7.11 Å². The number of methoxy groups -OCH3 is 1. The molecule has 1 N–H and O–H groups in total. The van der Waals surface area contributed by atoms with Gasteiger partial charge in [0, 0.05) is 31.3 Å². The largest absolute Gasteiger partial charge is 0.496 e. The van der Waals surface area contributed by atoms with Crippen LogP contribution >= 0.6 is 0 Å². The molecule has 5 heteroatoms. The van der Waals surface area contributed by atoms with E-state index in [0.29, 0.717) is 25.0 Å². The third kappa shape index (κ3) is 2.84. The summed E-state index contributed by atoms with van der Waals surface area (Å²) < 4.78 is 16.9. The Morgan fingerprint density at radius 2 is 1.96 bits per heavy atom.